The summed E-state index contributed by atoms with van der Waals surface area (Å²) in [6.45, 7) is 0. The van der Waals surface area contributed by atoms with Gasteiger partial charge in [0, 0.05) is 6.07 Å². The van der Waals surface area contributed by atoms with Gasteiger partial charge in [0.05, 0.1) is 22.6 Å². The summed E-state index contributed by atoms with van der Waals surface area (Å²) < 4.78 is 24.7. The summed E-state index contributed by atoms with van der Waals surface area (Å²) in [5.74, 6) is -0.673. The van der Waals surface area contributed by atoms with Gasteiger partial charge in [-0.25, -0.2) is 4.39 Å². The van der Waals surface area contributed by atoms with Crippen molar-refractivity contribution in [2.24, 2.45) is 0 Å². The van der Waals surface area contributed by atoms with Crippen molar-refractivity contribution in [2.45, 2.75) is 0 Å². The molecule has 2 aromatic rings. The average Bonchev–Trinajstić information content (AvgIpc) is 2.42. The number of hydrogen-bond acceptors (Lipinski definition) is 4. The molecule has 7 heteroatoms. The number of para-hydroxylation sites is 1. The fourth-order valence-electron chi connectivity index (χ4n) is 1.55. The standard InChI is InChI=1S/C13H9BrFNO4/c1-19-13-7-12(9(15)6-10(13)16(17)18)20-11-5-3-2-4-8(11)14/h2-7H,1H3. The third-order valence-electron chi connectivity index (χ3n) is 2.49. The first-order valence-electron chi connectivity index (χ1n) is 5.47. The molecule has 0 radical (unpaired) electrons. The van der Waals surface area contributed by atoms with Crippen molar-refractivity contribution in [3.05, 3.63) is 56.8 Å². The molecule has 20 heavy (non-hydrogen) atoms. The number of rotatable bonds is 4. The normalized spacial score (nSPS) is 10.2. The van der Waals surface area contributed by atoms with Gasteiger partial charge >= 0.3 is 5.69 Å². The Kier molecular flexibility index (Phi) is 4.19. The van der Waals surface area contributed by atoms with Gasteiger partial charge in [-0.15, -0.1) is 0 Å². The fraction of sp³-hybridized carbons (Fsp3) is 0.0769. The number of nitrogens with zero attached hydrogens (tertiary/aromatic N) is 1. The Morgan fingerprint density at radius 3 is 2.50 bits per heavy atom. The first-order valence-corrected chi connectivity index (χ1v) is 6.26. The lowest BCUT2D eigenvalue weighted by Gasteiger charge is -2.10. The molecule has 2 rings (SSSR count). The van der Waals surface area contributed by atoms with Crippen LogP contribution in [0.5, 0.6) is 17.2 Å². The van der Waals surface area contributed by atoms with Gasteiger partial charge in [-0.2, -0.15) is 0 Å². The second-order valence-electron chi connectivity index (χ2n) is 3.74. The molecule has 0 heterocycles. The molecule has 0 fully saturated rings. The third-order valence-corrected chi connectivity index (χ3v) is 3.14. The van der Waals surface area contributed by atoms with Crippen molar-refractivity contribution in [1.29, 1.82) is 0 Å². The zero-order valence-corrected chi connectivity index (χ0v) is 11.9. The van der Waals surface area contributed by atoms with E-state index < -0.39 is 16.4 Å². The number of nitro groups is 1. The zero-order chi connectivity index (χ0) is 14.7. The average molecular weight is 342 g/mol. The Hall–Kier alpha value is -2.15. The summed E-state index contributed by atoms with van der Waals surface area (Å²) in [6.07, 6.45) is 0. The zero-order valence-electron chi connectivity index (χ0n) is 10.3. The Morgan fingerprint density at radius 2 is 1.90 bits per heavy atom. The van der Waals surface area contributed by atoms with E-state index in [4.69, 9.17) is 9.47 Å². The van der Waals surface area contributed by atoms with Crippen LogP contribution in [0, 0.1) is 15.9 Å². The molecule has 0 bridgehead atoms. The van der Waals surface area contributed by atoms with Crippen LogP contribution in [-0.4, -0.2) is 12.0 Å². The minimum atomic E-state index is -0.840. The summed E-state index contributed by atoms with van der Waals surface area (Å²) >= 11 is 3.26. The number of nitro benzene ring substituents is 1. The van der Waals surface area contributed by atoms with E-state index in [2.05, 4.69) is 15.9 Å². The van der Waals surface area contributed by atoms with Crippen LogP contribution in [-0.2, 0) is 0 Å². The van der Waals surface area contributed by atoms with Gasteiger partial charge in [0.1, 0.15) is 5.75 Å². The summed E-state index contributed by atoms with van der Waals surface area (Å²) in [4.78, 5) is 10.0. The van der Waals surface area contributed by atoms with Gasteiger partial charge < -0.3 is 9.47 Å². The van der Waals surface area contributed by atoms with Gasteiger partial charge in [-0.3, -0.25) is 10.1 Å². The van der Waals surface area contributed by atoms with E-state index >= 15 is 0 Å². The lowest BCUT2D eigenvalue weighted by Crippen LogP contribution is -1.97. The van der Waals surface area contributed by atoms with E-state index in [1.165, 1.54) is 7.11 Å². The maximum Gasteiger partial charge on any atom is 0.314 e. The van der Waals surface area contributed by atoms with E-state index in [0.29, 0.717) is 10.2 Å². The van der Waals surface area contributed by atoms with Crippen LogP contribution in [0.3, 0.4) is 0 Å². The van der Waals surface area contributed by atoms with Crippen LogP contribution in [0.1, 0.15) is 0 Å². The summed E-state index contributed by atoms with van der Waals surface area (Å²) in [7, 11) is 1.27. The van der Waals surface area contributed by atoms with Gasteiger partial charge in [-0.05, 0) is 28.1 Å². The first-order chi connectivity index (χ1) is 9.52. The lowest BCUT2D eigenvalue weighted by molar-refractivity contribution is -0.386. The molecule has 0 unspecified atom stereocenters. The minimum absolute atomic E-state index is 0.0709. The number of halogens is 2. The molecular formula is C13H9BrFNO4. The fourth-order valence-corrected chi connectivity index (χ4v) is 1.92. The Labute approximate surface area is 122 Å². The highest BCUT2D eigenvalue weighted by molar-refractivity contribution is 9.10. The van der Waals surface area contributed by atoms with Gasteiger partial charge in [0.2, 0.25) is 5.75 Å². The minimum Gasteiger partial charge on any atom is -0.490 e. The maximum atomic E-state index is 13.8. The molecular weight excluding hydrogens is 333 g/mol. The molecule has 0 aliphatic rings. The van der Waals surface area contributed by atoms with Crippen molar-refractivity contribution in [3.8, 4) is 17.2 Å². The first kappa shape index (κ1) is 14.3. The van der Waals surface area contributed by atoms with Crippen LogP contribution in [0.4, 0.5) is 10.1 Å². The monoisotopic (exact) mass is 341 g/mol. The van der Waals surface area contributed by atoms with E-state index in [0.717, 1.165) is 12.1 Å². The molecule has 0 saturated carbocycles. The Morgan fingerprint density at radius 1 is 1.20 bits per heavy atom. The van der Waals surface area contributed by atoms with Crippen LogP contribution < -0.4 is 9.47 Å². The maximum absolute atomic E-state index is 13.8. The van der Waals surface area contributed by atoms with E-state index in [9.17, 15) is 14.5 Å². The quantitative estimate of drug-likeness (QED) is 0.614. The highest BCUT2D eigenvalue weighted by Crippen LogP contribution is 2.37. The molecule has 0 aliphatic carbocycles. The topological polar surface area (TPSA) is 61.6 Å². The predicted molar refractivity (Wildman–Crippen MR) is 73.8 cm³/mol. The van der Waals surface area contributed by atoms with Crippen molar-refractivity contribution in [1.82, 2.24) is 0 Å². The number of methoxy groups -OCH3 is 1. The smallest absolute Gasteiger partial charge is 0.314 e. The van der Waals surface area contributed by atoms with Crippen molar-refractivity contribution >= 4 is 21.6 Å². The highest BCUT2D eigenvalue weighted by atomic mass is 79.9. The number of benzene rings is 2. The van der Waals surface area contributed by atoms with Gasteiger partial charge in [0.25, 0.3) is 0 Å². The second kappa shape index (κ2) is 5.87. The van der Waals surface area contributed by atoms with Crippen LogP contribution in [0.2, 0.25) is 0 Å². The Bertz CT molecular complexity index is 663. The largest absolute Gasteiger partial charge is 0.490 e. The number of ether oxygens (including phenoxy) is 2. The summed E-state index contributed by atoms with van der Waals surface area (Å²) in [5, 5.41) is 10.8. The molecule has 0 saturated heterocycles. The molecule has 0 amide bonds. The van der Waals surface area contributed by atoms with E-state index in [1.54, 1.807) is 24.3 Å². The molecule has 0 spiro atoms. The molecule has 2 aromatic carbocycles. The van der Waals surface area contributed by atoms with Gasteiger partial charge in [0.15, 0.2) is 11.6 Å². The van der Waals surface area contributed by atoms with Crippen LogP contribution in [0.15, 0.2) is 40.9 Å². The van der Waals surface area contributed by atoms with Crippen molar-refractivity contribution in [3.63, 3.8) is 0 Å². The molecule has 5 nitrogen and oxygen atoms in total. The van der Waals surface area contributed by atoms with Crippen LogP contribution in [0.25, 0.3) is 0 Å². The van der Waals surface area contributed by atoms with E-state index in [1.807, 2.05) is 0 Å². The van der Waals surface area contributed by atoms with Crippen LogP contribution >= 0.6 is 15.9 Å². The van der Waals surface area contributed by atoms with Gasteiger partial charge in [-0.1, -0.05) is 12.1 Å². The van der Waals surface area contributed by atoms with Crippen molar-refractivity contribution in [2.75, 3.05) is 7.11 Å². The molecule has 0 N–H and O–H groups in total. The van der Waals surface area contributed by atoms with E-state index in [-0.39, 0.29) is 11.5 Å². The number of hydrogen-bond donors (Lipinski definition) is 0. The molecule has 0 aromatic heterocycles. The highest BCUT2D eigenvalue weighted by Gasteiger charge is 2.20. The second-order valence-corrected chi connectivity index (χ2v) is 4.60. The molecule has 104 valence electrons. The SMILES string of the molecule is COc1cc(Oc2ccccc2Br)c(F)cc1[N+](=O)[O-]. The third kappa shape index (κ3) is 2.88. The predicted octanol–water partition coefficient (Wildman–Crippen LogP) is 4.30. The summed E-state index contributed by atoms with van der Waals surface area (Å²) in [5.41, 5.74) is -0.454. The molecule has 0 atom stereocenters. The molecule has 0 aliphatic heterocycles. The van der Waals surface area contributed by atoms with Crippen molar-refractivity contribution < 1.29 is 18.8 Å². The lowest BCUT2D eigenvalue weighted by atomic mass is 10.2. The Balaban J connectivity index is 2.43. The summed E-state index contributed by atoms with van der Waals surface area (Å²) in [6, 6.07) is 8.79.